The van der Waals surface area contributed by atoms with Gasteiger partial charge in [-0.1, -0.05) is 58.7 Å². The van der Waals surface area contributed by atoms with Crippen LogP contribution in [0, 0.1) is 6.92 Å². The summed E-state index contributed by atoms with van der Waals surface area (Å²) in [5.41, 5.74) is 2.31. The van der Waals surface area contributed by atoms with Gasteiger partial charge in [-0.2, -0.15) is 0 Å². The van der Waals surface area contributed by atoms with Crippen molar-refractivity contribution < 1.29 is 18.0 Å². The van der Waals surface area contributed by atoms with Gasteiger partial charge < -0.3 is 10.2 Å². The van der Waals surface area contributed by atoms with Crippen LogP contribution in [0.25, 0.3) is 0 Å². The molecule has 7 nitrogen and oxygen atoms in total. The van der Waals surface area contributed by atoms with E-state index >= 15 is 0 Å². The number of nitrogens with zero attached hydrogens (tertiary/aromatic N) is 2. The standard InChI is InChI=1S/C22H28BrN3O4S/c1-5-20(22(28)24-3)25(14-17-11-9-16(2)10-12-17)21(27)15-26(31(4,29)30)19-8-6-7-18(23)13-19/h6-13,20H,5,14-15H2,1-4H3,(H,24,28). The molecule has 1 atom stereocenters. The van der Waals surface area contributed by atoms with Gasteiger partial charge in [0.2, 0.25) is 21.8 Å². The first kappa shape index (κ1) is 24.9. The van der Waals surface area contributed by atoms with E-state index in [4.69, 9.17) is 0 Å². The molecule has 2 aromatic rings. The van der Waals surface area contributed by atoms with Crippen molar-refractivity contribution in [2.45, 2.75) is 32.9 Å². The smallest absolute Gasteiger partial charge is 0.244 e. The Morgan fingerprint density at radius 1 is 1.13 bits per heavy atom. The van der Waals surface area contributed by atoms with E-state index in [1.165, 1.54) is 11.9 Å². The second-order valence-corrected chi connectivity index (χ2v) is 10.1. The average molecular weight is 510 g/mol. The number of hydrogen-bond acceptors (Lipinski definition) is 4. The van der Waals surface area contributed by atoms with Crippen molar-refractivity contribution in [1.82, 2.24) is 10.2 Å². The molecule has 31 heavy (non-hydrogen) atoms. The number of amides is 2. The van der Waals surface area contributed by atoms with Crippen LogP contribution in [0.2, 0.25) is 0 Å². The number of nitrogens with one attached hydrogen (secondary N) is 1. The third-order valence-corrected chi connectivity index (χ3v) is 6.52. The third-order valence-electron chi connectivity index (χ3n) is 4.88. The van der Waals surface area contributed by atoms with Crippen molar-refractivity contribution in [3.63, 3.8) is 0 Å². The molecule has 0 bridgehead atoms. The van der Waals surface area contributed by atoms with Crippen LogP contribution in [0.4, 0.5) is 5.69 Å². The van der Waals surface area contributed by atoms with E-state index in [-0.39, 0.29) is 12.5 Å². The molecule has 2 amide bonds. The zero-order valence-corrected chi connectivity index (χ0v) is 20.5. The largest absolute Gasteiger partial charge is 0.357 e. The number of hydrogen-bond donors (Lipinski definition) is 1. The van der Waals surface area contributed by atoms with Gasteiger partial charge in [-0.25, -0.2) is 8.42 Å². The lowest BCUT2D eigenvalue weighted by molar-refractivity contribution is -0.140. The molecule has 0 aliphatic heterocycles. The molecule has 168 valence electrons. The highest BCUT2D eigenvalue weighted by atomic mass is 79.9. The Bertz CT molecular complexity index is 1030. The van der Waals surface area contributed by atoms with E-state index in [9.17, 15) is 18.0 Å². The van der Waals surface area contributed by atoms with E-state index < -0.39 is 28.5 Å². The maximum Gasteiger partial charge on any atom is 0.244 e. The summed E-state index contributed by atoms with van der Waals surface area (Å²) < 4.78 is 26.7. The minimum atomic E-state index is -3.74. The molecule has 2 rings (SSSR count). The van der Waals surface area contributed by atoms with Crippen LogP contribution in [-0.4, -0.2) is 51.0 Å². The summed E-state index contributed by atoms with van der Waals surface area (Å²) in [6.45, 7) is 3.57. The molecule has 1 unspecified atom stereocenters. The van der Waals surface area contributed by atoms with E-state index in [1.807, 2.05) is 38.1 Å². The van der Waals surface area contributed by atoms with Crippen LogP contribution in [0.1, 0.15) is 24.5 Å². The minimum absolute atomic E-state index is 0.196. The predicted molar refractivity (Wildman–Crippen MR) is 126 cm³/mol. The van der Waals surface area contributed by atoms with E-state index in [0.717, 1.165) is 21.7 Å². The summed E-state index contributed by atoms with van der Waals surface area (Å²) >= 11 is 3.34. The van der Waals surface area contributed by atoms with Crippen molar-refractivity contribution in [2.75, 3.05) is 24.2 Å². The summed E-state index contributed by atoms with van der Waals surface area (Å²) in [6, 6.07) is 13.7. The van der Waals surface area contributed by atoms with E-state index in [0.29, 0.717) is 16.6 Å². The number of rotatable bonds is 9. The van der Waals surface area contributed by atoms with Crippen molar-refractivity contribution in [1.29, 1.82) is 0 Å². The van der Waals surface area contributed by atoms with Crippen LogP contribution in [-0.2, 0) is 26.2 Å². The lowest BCUT2D eigenvalue weighted by Crippen LogP contribution is -2.51. The number of benzene rings is 2. The Morgan fingerprint density at radius 2 is 1.77 bits per heavy atom. The molecule has 0 saturated carbocycles. The van der Waals surface area contributed by atoms with Gasteiger partial charge in [0.05, 0.1) is 11.9 Å². The molecular weight excluding hydrogens is 482 g/mol. The van der Waals surface area contributed by atoms with Crippen molar-refractivity contribution in [3.8, 4) is 0 Å². The number of sulfonamides is 1. The molecule has 0 spiro atoms. The van der Waals surface area contributed by atoms with Crippen LogP contribution in [0.15, 0.2) is 53.0 Å². The number of halogens is 1. The highest BCUT2D eigenvalue weighted by Gasteiger charge is 2.31. The number of anilines is 1. The van der Waals surface area contributed by atoms with Crippen LogP contribution in [0.5, 0.6) is 0 Å². The second kappa shape index (κ2) is 10.8. The summed E-state index contributed by atoms with van der Waals surface area (Å²) in [7, 11) is -2.22. The molecule has 9 heteroatoms. The van der Waals surface area contributed by atoms with Gasteiger partial charge in [0.1, 0.15) is 12.6 Å². The number of carbonyl (C=O) groups is 2. The zero-order valence-electron chi connectivity index (χ0n) is 18.1. The first-order chi connectivity index (χ1) is 14.6. The Labute approximate surface area is 192 Å². The monoisotopic (exact) mass is 509 g/mol. The Kier molecular flexibility index (Phi) is 8.64. The molecular formula is C22H28BrN3O4S. The van der Waals surface area contributed by atoms with Gasteiger partial charge in [0.25, 0.3) is 0 Å². The predicted octanol–water partition coefficient (Wildman–Crippen LogP) is 3.08. The average Bonchev–Trinajstić information content (AvgIpc) is 2.72. The second-order valence-electron chi connectivity index (χ2n) is 7.30. The molecule has 2 aromatic carbocycles. The van der Waals surface area contributed by atoms with Gasteiger partial charge in [-0.3, -0.25) is 13.9 Å². The topological polar surface area (TPSA) is 86.8 Å². The van der Waals surface area contributed by atoms with Gasteiger partial charge in [-0.15, -0.1) is 0 Å². The highest BCUT2D eigenvalue weighted by molar-refractivity contribution is 9.10. The first-order valence-corrected chi connectivity index (χ1v) is 12.5. The van der Waals surface area contributed by atoms with Gasteiger partial charge in [0, 0.05) is 18.1 Å². The number of aryl methyl sites for hydroxylation is 1. The van der Waals surface area contributed by atoms with Crippen molar-refractivity contribution in [3.05, 3.63) is 64.1 Å². The van der Waals surface area contributed by atoms with Gasteiger partial charge in [-0.05, 0) is 37.1 Å². The Balaban J connectivity index is 2.41. The SMILES string of the molecule is CCC(C(=O)NC)N(Cc1ccc(C)cc1)C(=O)CN(c1cccc(Br)c1)S(C)(=O)=O. The molecule has 1 N–H and O–H groups in total. The summed E-state index contributed by atoms with van der Waals surface area (Å²) in [5, 5.41) is 2.60. The fourth-order valence-corrected chi connectivity index (χ4v) is 4.45. The summed E-state index contributed by atoms with van der Waals surface area (Å²) in [4.78, 5) is 27.3. The third kappa shape index (κ3) is 6.80. The lowest BCUT2D eigenvalue weighted by atomic mass is 10.1. The molecule has 0 aliphatic carbocycles. The minimum Gasteiger partial charge on any atom is -0.357 e. The molecule has 0 fully saturated rings. The normalized spacial score (nSPS) is 12.2. The number of carbonyl (C=O) groups excluding carboxylic acids is 2. The maximum absolute atomic E-state index is 13.4. The summed E-state index contributed by atoms with van der Waals surface area (Å²) in [6.07, 6.45) is 1.45. The Morgan fingerprint density at radius 3 is 2.29 bits per heavy atom. The molecule has 0 aromatic heterocycles. The maximum atomic E-state index is 13.4. The van der Waals surface area contributed by atoms with E-state index in [2.05, 4.69) is 21.2 Å². The number of likely N-dealkylation sites (N-methyl/N-ethyl adjacent to an activating group) is 1. The van der Waals surface area contributed by atoms with Crippen LogP contribution < -0.4 is 9.62 Å². The van der Waals surface area contributed by atoms with Crippen LogP contribution >= 0.6 is 15.9 Å². The quantitative estimate of drug-likeness (QED) is 0.562. The lowest BCUT2D eigenvalue weighted by Gasteiger charge is -2.32. The summed E-state index contributed by atoms with van der Waals surface area (Å²) in [5.74, 6) is -0.752. The zero-order chi connectivity index (χ0) is 23.2. The van der Waals surface area contributed by atoms with E-state index in [1.54, 1.807) is 24.3 Å². The van der Waals surface area contributed by atoms with Crippen molar-refractivity contribution >= 4 is 43.5 Å². The van der Waals surface area contributed by atoms with Crippen molar-refractivity contribution in [2.24, 2.45) is 0 Å². The molecule has 0 saturated heterocycles. The fraction of sp³-hybridized carbons (Fsp3) is 0.364. The molecule has 0 radical (unpaired) electrons. The molecule has 0 heterocycles. The van der Waals surface area contributed by atoms with Gasteiger partial charge in [0.15, 0.2) is 0 Å². The Hall–Kier alpha value is -2.39. The highest BCUT2D eigenvalue weighted by Crippen LogP contribution is 2.23. The van der Waals surface area contributed by atoms with Gasteiger partial charge >= 0.3 is 0 Å². The fourth-order valence-electron chi connectivity index (χ4n) is 3.22. The molecule has 0 aliphatic rings. The van der Waals surface area contributed by atoms with Crippen LogP contribution in [0.3, 0.4) is 0 Å². The first-order valence-electron chi connectivity index (χ1n) is 9.86.